The number of rotatable bonds is 4. The first-order valence-electron chi connectivity index (χ1n) is 10.1. The largest absolute Gasteiger partial charge is 0.382 e. The van der Waals surface area contributed by atoms with Crippen LogP contribution < -0.4 is 10.6 Å². The fourth-order valence-corrected chi connectivity index (χ4v) is 5.46. The summed E-state index contributed by atoms with van der Waals surface area (Å²) in [5.41, 5.74) is 8.05. The third-order valence-electron chi connectivity index (χ3n) is 5.52. The summed E-state index contributed by atoms with van der Waals surface area (Å²) in [5.74, 6) is 1.41. The number of nitrogens with two attached hydrogens (primary N) is 1. The van der Waals surface area contributed by atoms with E-state index in [1.165, 1.54) is 17.7 Å². The van der Waals surface area contributed by atoms with Crippen molar-refractivity contribution in [1.82, 2.24) is 24.6 Å². The normalized spacial score (nSPS) is 16.4. The molecule has 1 aliphatic rings. The van der Waals surface area contributed by atoms with Gasteiger partial charge in [0.15, 0.2) is 11.5 Å². The van der Waals surface area contributed by atoms with Crippen LogP contribution in [-0.4, -0.2) is 37.7 Å². The van der Waals surface area contributed by atoms with Gasteiger partial charge in [0.2, 0.25) is 5.95 Å². The summed E-state index contributed by atoms with van der Waals surface area (Å²) in [6, 6.07) is 9.34. The number of fused-ring (bicyclic) bond motifs is 1. The summed E-state index contributed by atoms with van der Waals surface area (Å²) in [6.07, 6.45) is 4.38. The average Bonchev–Trinajstić information content (AvgIpc) is 3.39. The molecule has 1 atom stereocenters. The second kappa shape index (κ2) is 8.54. The fourth-order valence-electron chi connectivity index (χ4n) is 4.06. The van der Waals surface area contributed by atoms with E-state index in [1.54, 1.807) is 16.6 Å². The zero-order chi connectivity index (χ0) is 22.2. The predicted octanol–water partition coefficient (Wildman–Crippen LogP) is 4.47. The van der Waals surface area contributed by atoms with Crippen LogP contribution in [0.2, 0.25) is 10.0 Å². The topological polar surface area (TPSA) is 109 Å². The first kappa shape index (κ1) is 20.9. The lowest BCUT2D eigenvalue weighted by Gasteiger charge is -2.33. The highest BCUT2D eigenvalue weighted by atomic mass is 35.5. The molecule has 162 valence electrons. The highest BCUT2D eigenvalue weighted by Crippen LogP contribution is 2.33. The molecule has 0 radical (unpaired) electrons. The van der Waals surface area contributed by atoms with Gasteiger partial charge in [0.25, 0.3) is 0 Å². The van der Waals surface area contributed by atoms with E-state index in [2.05, 4.69) is 26.0 Å². The van der Waals surface area contributed by atoms with Crippen LogP contribution in [0.5, 0.6) is 0 Å². The van der Waals surface area contributed by atoms with Crippen molar-refractivity contribution < 1.29 is 0 Å². The van der Waals surface area contributed by atoms with Crippen LogP contribution >= 0.6 is 34.5 Å². The zero-order valence-electron chi connectivity index (χ0n) is 16.9. The maximum Gasteiger partial charge on any atom is 0.229 e. The summed E-state index contributed by atoms with van der Waals surface area (Å²) < 4.78 is 1.75. The van der Waals surface area contributed by atoms with E-state index in [1.807, 2.05) is 12.1 Å². The van der Waals surface area contributed by atoms with E-state index < -0.39 is 0 Å². The van der Waals surface area contributed by atoms with Gasteiger partial charge in [-0.15, -0.1) is 11.3 Å². The molecule has 11 heteroatoms. The summed E-state index contributed by atoms with van der Waals surface area (Å²) in [7, 11) is 0. The molecule has 2 N–H and O–H groups in total. The number of aromatic nitrogens is 5. The molecule has 1 aromatic carbocycles. The van der Waals surface area contributed by atoms with Crippen molar-refractivity contribution in [3.8, 4) is 17.3 Å². The molecule has 3 aromatic heterocycles. The van der Waals surface area contributed by atoms with Crippen LogP contribution in [0.15, 0.2) is 30.6 Å². The summed E-state index contributed by atoms with van der Waals surface area (Å²) >= 11 is 13.9. The number of anilines is 2. The van der Waals surface area contributed by atoms with Crippen LogP contribution in [0.1, 0.15) is 22.7 Å². The van der Waals surface area contributed by atoms with E-state index in [0.717, 1.165) is 54.6 Å². The molecule has 0 aliphatic carbocycles. The third-order valence-corrected chi connectivity index (χ3v) is 7.07. The van der Waals surface area contributed by atoms with E-state index in [-0.39, 0.29) is 0 Å². The smallest absolute Gasteiger partial charge is 0.229 e. The molecular weight excluding hydrogens is 467 g/mol. The van der Waals surface area contributed by atoms with Crippen molar-refractivity contribution in [1.29, 1.82) is 5.26 Å². The minimum atomic E-state index is 0.318. The number of nitriles is 1. The van der Waals surface area contributed by atoms with Crippen molar-refractivity contribution in [3.63, 3.8) is 0 Å². The number of benzene rings is 1. The maximum absolute atomic E-state index is 9.15. The van der Waals surface area contributed by atoms with Gasteiger partial charge in [-0.2, -0.15) is 14.9 Å². The van der Waals surface area contributed by atoms with Gasteiger partial charge in [-0.25, -0.2) is 15.0 Å². The van der Waals surface area contributed by atoms with Crippen LogP contribution in [0.4, 0.5) is 11.8 Å². The number of piperidine rings is 1. The average molecular weight is 485 g/mol. The molecule has 1 fully saturated rings. The molecule has 0 bridgehead atoms. The van der Waals surface area contributed by atoms with Crippen LogP contribution in [0, 0.1) is 17.2 Å². The minimum absolute atomic E-state index is 0.318. The lowest BCUT2D eigenvalue weighted by molar-refractivity contribution is 0.407. The van der Waals surface area contributed by atoms with Gasteiger partial charge >= 0.3 is 0 Å². The Morgan fingerprint density at radius 3 is 2.91 bits per heavy atom. The lowest BCUT2D eigenvalue weighted by atomic mass is 9.95. The summed E-state index contributed by atoms with van der Waals surface area (Å²) in [6.45, 7) is 1.65. The molecule has 1 unspecified atom stereocenters. The highest BCUT2D eigenvalue weighted by molar-refractivity contribution is 7.12. The van der Waals surface area contributed by atoms with E-state index >= 15 is 0 Å². The van der Waals surface area contributed by atoms with Gasteiger partial charge < -0.3 is 10.6 Å². The van der Waals surface area contributed by atoms with Gasteiger partial charge in [-0.3, -0.25) is 0 Å². The molecule has 4 aromatic rings. The maximum atomic E-state index is 9.15. The van der Waals surface area contributed by atoms with Crippen molar-refractivity contribution in [3.05, 3.63) is 50.5 Å². The Balaban J connectivity index is 1.46. The Bertz CT molecular complexity index is 1340. The first-order valence-corrected chi connectivity index (χ1v) is 11.7. The predicted molar refractivity (Wildman–Crippen MR) is 126 cm³/mol. The SMILES string of the molecule is N#Cc1sc(CC2CCCN(c3nc(-c4ccc(Cl)cc4Cl)cc4ncnn34)C2)nc1N. The number of halogens is 2. The molecule has 0 amide bonds. The number of hydrogen-bond donors (Lipinski definition) is 1. The summed E-state index contributed by atoms with van der Waals surface area (Å²) in [4.78, 5) is 16.4. The Labute approximate surface area is 198 Å². The molecule has 8 nitrogen and oxygen atoms in total. The standard InChI is InChI=1S/C21H18Cl2N8S/c22-13-3-4-14(15(23)7-13)16-8-18-26-11-27-31(18)21(28-16)30-5-1-2-12(10-30)6-19-29-20(25)17(9-24)32-19/h3-4,7-8,11-12H,1-2,5-6,10,25H2. The molecule has 0 spiro atoms. The molecular formula is C21H18Cl2N8S. The molecule has 1 aliphatic heterocycles. The van der Waals surface area contributed by atoms with Crippen molar-refractivity contribution in [2.75, 3.05) is 23.7 Å². The number of nitrogens with zero attached hydrogens (tertiary/aromatic N) is 7. The quantitative estimate of drug-likeness (QED) is 0.454. The van der Waals surface area contributed by atoms with E-state index in [4.69, 9.17) is 39.2 Å². The minimum Gasteiger partial charge on any atom is -0.382 e. The van der Waals surface area contributed by atoms with E-state index in [0.29, 0.717) is 32.3 Å². The second-order valence-electron chi connectivity index (χ2n) is 7.69. The highest BCUT2D eigenvalue weighted by Gasteiger charge is 2.25. The third kappa shape index (κ3) is 3.97. The molecule has 1 saturated heterocycles. The Hall–Kier alpha value is -2.93. The van der Waals surface area contributed by atoms with E-state index in [9.17, 15) is 0 Å². The van der Waals surface area contributed by atoms with Crippen LogP contribution in [0.3, 0.4) is 0 Å². The van der Waals surface area contributed by atoms with Gasteiger partial charge in [-0.1, -0.05) is 23.2 Å². The first-order chi connectivity index (χ1) is 15.5. The fraction of sp³-hybridized carbons (Fsp3) is 0.286. The lowest BCUT2D eigenvalue weighted by Crippen LogP contribution is -2.38. The monoisotopic (exact) mass is 484 g/mol. The summed E-state index contributed by atoms with van der Waals surface area (Å²) in [5, 5.41) is 15.5. The van der Waals surface area contributed by atoms with Gasteiger partial charge in [0, 0.05) is 36.2 Å². The molecule has 0 saturated carbocycles. The van der Waals surface area contributed by atoms with Crippen molar-refractivity contribution in [2.45, 2.75) is 19.3 Å². The Morgan fingerprint density at radius 1 is 1.25 bits per heavy atom. The van der Waals surface area contributed by atoms with Gasteiger partial charge in [0.1, 0.15) is 17.3 Å². The Kier molecular flexibility index (Phi) is 5.59. The number of nitrogen functional groups attached to an aromatic ring is 1. The molecule has 4 heterocycles. The van der Waals surface area contributed by atoms with Gasteiger partial charge in [0.05, 0.1) is 15.7 Å². The zero-order valence-corrected chi connectivity index (χ0v) is 19.2. The van der Waals surface area contributed by atoms with Crippen molar-refractivity contribution in [2.24, 2.45) is 5.92 Å². The molecule has 5 rings (SSSR count). The van der Waals surface area contributed by atoms with Crippen LogP contribution in [0.25, 0.3) is 16.9 Å². The second-order valence-corrected chi connectivity index (χ2v) is 9.62. The van der Waals surface area contributed by atoms with Crippen molar-refractivity contribution >= 4 is 52.0 Å². The molecule has 32 heavy (non-hydrogen) atoms. The number of hydrogen-bond acceptors (Lipinski definition) is 8. The van der Waals surface area contributed by atoms with Gasteiger partial charge in [-0.05, 0) is 37.0 Å². The number of thiazole rings is 1. The van der Waals surface area contributed by atoms with Crippen LogP contribution in [-0.2, 0) is 6.42 Å². The Morgan fingerprint density at radius 2 is 2.12 bits per heavy atom.